The van der Waals surface area contributed by atoms with Gasteiger partial charge in [-0.2, -0.15) is 0 Å². The summed E-state index contributed by atoms with van der Waals surface area (Å²) >= 11 is 0. The minimum Gasteiger partial charge on any atom is -0.545 e. The average Bonchev–Trinajstić information content (AvgIpc) is 2.17. The zero-order valence-corrected chi connectivity index (χ0v) is 10.6. The molecule has 70 valence electrons. The van der Waals surface area contributed by atoms with Gasteiger partial charge in [-0.1, -0.05) is 12.1 Å². The normalized spacial score (nSPS) is 8.64. The second kappa shape index (κ2) is 5.50. The Morgan fingerprint density at radius 2 is 1.86 bits per heavy atom. The Balaban J connectivity index is 0.00000169. The topological polar surface area (TPSA) is 66.4 Å². The molecule has 0 aliphatic carbocycles. The van der Waals surface area contributed by atoms with Gasteiger partial charge in [-0.15, -0.1) is 0 Å². The second-order valence-corrected chi connectivity index (χ2v) is 2.36. The van der Waals surface area contributed by atoms with E-state index >= 15 is 0 Å². The number of methoxy groups -OCH3 is 1. The van der Waals surface area contributed by atoms with Crippen LogP contribution < -0.4 is 5.11 Å². The number of hydrogen-bond acceptors (Lipinski definition) is 4. The van der Waals surface area contributed by atoms with Crippen LogP contribution >= 0.6 is 0 Å². The molecule has 1 rings (SSSR count). The third kappa shape index (κ3) is 2.93. The van der Waals surface area contributed by atoms with Gasteiger partial charge in [0.2, 0.25) is 0 Å². The molecular formula is C9H7O4Zn-. The molecule has 0 bridgehead atoms. The van der Waals surface area contributed by atoms with Crippen molar-refractivity contribution >= 4 is 11.9 Å². The summed E-state index contributed by atoms with van der Waals surface area (Å²) in [5.74, 6) is -1.88. The maximum absolute atomic E-state index is 11.0. The first-order valence-corrected chi connectivity index (χ1v) is 3.55. The van der Waals surface area contributed by atoms with Gasteiger partial charge in [-0.25, -0.2) is 4.79 Å². The van der Waals surface area contributed by atoms with Crippen LogP contribution in [0.25, 0.3) is 0 Å². The van der Waals surface area contributed by atoms with E-state index in [1.54, 1.807) is 0 Å². The summed E-state index contributed by atoms with van der Waals surface area (Å²) in [5.41, 5.74) is 0.159. The van der Waals surface area contributed by atoms with Crippen molar-refractivity contribution in [3.63, 3.8) is 0 Å². The Hall–Kier alpha value is -1.22. The molecule has 0 saturated carbocycles. The van der Waals surface area contributed by atoms with Crippen molar-refractivity contribution in [2.24, 2.45) is 0 Å². The first-order chi connectivity index (χ1) is 6.15. The molecule has 0 aromatic heterocycles. The molecule has 0 heterocycles. The number of carbonyl (C=O) groups is 2. The van der Waals surface area contributed by atoms with Crippen molar-refractivity contribution in [3.05, 3.63) is 35.4 Å². The Bertz CT molecular complexity index is 348. The summed E-state index contributed by atoms with van der Waals surface area (Å²) in [7, 11) is 1.23. The Morgan fingerprint density at radius 3 is 2.36 bits per heavy atom. The number of ether oxygens (including phenoxy) is 1. The molecule has 0 fully saturated rings. The smallest absolute Gasteiger partial charge is 0.337 e. The van der Waals surface area contributed by atoms with Crippen molar-refractivity contribution < 1.29 is 38.9 Å². The fourth-order valence-corrected chi connectivity index (χ4v) is 0.891. The first kappa shape index (κ1) is 12.8. The number of carboxylic acids is 1. The van der Waals surface area contributed by atoms with Crippen LogP contribution in [-0.4, -0.2) is 19.0 Å². The number of aromatic carboxylic acids is 1. The van der Waals surface area contributed by atoms with Crippen molar-refractivity contribution in [2.45, 2.75) is 0 Å². The molecule has 0 radical (unpaired) electrons. The molecule has 0 aliphatic heterocycles. The van der Waals surface area contributed by atoms with Crippen LogP contribution in [0.2, 0.25) is 0 Å². The Kier molecular flexibility index (Phi) is 5.02. The molecule has 0 atom stereocenters. The quantitative estimate of drug-likeness (QED) is 0.535. The summed E-state index contributed by atoms with van der Waals surface area (Å²) in [4.78, 5) is 21.4. The van der Waals surface area contributed by atoms with Gasteiger partial charge in [0.1, 0.15) is 0 Å². The monoisotopic (exact) mass is 243 g/mol. The molecule has 0 amide bonds. The average molecular weight is 245 g/mol. The molecule has 0 spiro atoms. The van der Waals surface area contributed by atoms with Gasteiger partial charge >= 0.3 is 5.97 Å². The van der Waals surface area contributed by atoms with Gasteiger partial charge in [0, 0.05) is 19.5 Å². The van der Waals surface area contributed by atoms with Crippen LogP contribution in [0.3, 0.4) is 0 Å². The van der Waals surface area contributed by atoms with Crippen LogP contribution in [0.15, 0.2) is 24.3 Å². The van der Waals surface area contributed by atoms with Crippen molar-refractivity contribution in [2.75, 3.05) is 7.11 Å². The minimum absolute atomic E-state index is 0. The molecule has 14 heavy (non-hydrogen) atoms. The number of rotatable bonds is 2. The summed E-state index contributed by atoms with van der Waals surface area (Å²) in [5, 5.41) is 10.4. The van der Waals surface area contributed by atoms with Crippen LogP contribution in [0.5, 0.6) is 0 Å². The van der Waals surface area contributed by atoms with Gasteiger partial charge in [-0.3, -0.25) is 0 Å². The van der Waals surface area contributed by atoms with Crippen LogP contribution in [0.1, 0.15) is 20.7 Å². The maximum atomic E-state index is 11.0. The SMILES string of the molecule is COC(=O)c1cccc(C(=O)[O-])c1.[Zn]. The third-order valence-electron chi connectivity index (χ3n) is 1.52. The maximum Gasteiger partial charge on any atom is 0.337 e. The zero-order chi connectivity index (χ0) is 9.84. The Morgan fingerprint density at radius 1 is 1.29 bits per heavy atom. The van der Waals surface area contributed by atoms with E-state index in [4.69, 9.17) is 0 Å². The number of hydrogen-bond donors (Lipinski definition) is 0. The molecule has 4 nitrogen and oxygen atoms in total. The van der Waals surface area contributed by atoms with E-state index in [0.717, 1.165) is 0 Å². The number of carboxylic acid groups (broad SMARTS) is 1. The van der Waals surface area contributed by atoms with E-state index in [1.165, 1.54) is 31.4 Å². The van der Waals surface area contributed by atoms with E-state index in [1.807, 2.05) is 0 Å². The van der Waals surface area contributed by atoms with Crippen LogP contribution in [0.4, 0.5) is 0 Å². The summed E-state index contributed by atoms with van der Waals surface area (Å²) in [6.07, 6.45) is 0. The molecule has 1 aromatic rings. The fraction of sp³-hybridized carbons (Fsp3) is 0.111. The molecule has 0 aliphatic rings. The zero-order valence-electron chi connectivity index (χ0n) is 7.65. The molecule has 1 aromatic carbocycles. The van der Waals surface area contributed by atoms with Gasteiger partial charge in [-0.05, 0) is 17.7 Å². The van der Waals surface area contributed by atoms with Gasteiger partial charge in [0.25, 0.3) is 0 Å². The number of benzene rings is 1. The standard InChI is InChI=1S/C9H8O4.Zn/c1-13-9(12)7-4-2-3-6(5-7)8(10)11;/h2-5H,1H3,(H,10,11);/p-1. The number of esters is 1. The third-order valence-corrected chi connectivity index (χ3v) is 1.52. The largest absolute Gasteiger partial charge is 0.545 e. The minimum atomic E-state index is -1.31. The summed E-state index contributed by atoms with van der Waals surface area (Å²) < 4.78 is 4.42. The number of carbonyl (C=O) groups excluding carboxylic acids is 2. The van der Waals surface area contributed by atoms with E-state index < -0.39 is 11.9 Å². The molecule has 5 heteroatoms. The fourth-order valence-electron chi connectivity index (χ4n) is 0.891. The van der Waals surface area contributed by atoms with E-state index in [0.29, 0.717) is 0 Å². The van der Waals surface area contributed by atoms with Crippen LogP contribution in [-0.2, 0) is 24.2 Å². The molecule has 0 saturated heterocycles. The van der Waals surface area contributed by atoms with E-state index in [2.05, 4.69) is 4.74 Å². The van der Waals surface area contributed by atoms with Crippen molar-refractivity contribution in [3.8, 4) is 0 Å². The van der Waals surface area contributed by atoms with E-state index in [-0.39, 0.29) is 30.6 Å². The van der Waals surface area contributed by atoms with Gasteiger partial charge in [0.15, 0.2) is 0 Å². The van der Waals surface area contributed by atoms with E-state index in [9.17, 15) is 14.7 Å². The Labute approximate surface area is 93.6 Å². The predicted octanol–water partition coefficient (Wildman–Crippen LogP) is -0.166. The molecular weight excluding hydrogens is 237 g/mol. The van der Waals surface area contributed by atoms with Crippen molar-refractivity contribution in [1.29, 1.82) is 0 Å². The molecule has 0 unspecified atom stereocenters. The summed E-state index contributed by atoms with van der Waals surface area (Å²) in [6.45, 7) is 0. The predicted molar refractivity (Wildman–Crippen MR) is 42.1 cm³/mol. The van der Waals surface area contributed by atoms with Crippen molar-refractivity contribution in [1.82, 2.24) is 0 Å². The first-order valence-electron chi connectivity index (χ1n) is 3.55. The second-order valence-electron chi connectivity index (χ2n) is 2.36. The summed E-state index contributed by atoms with van der Waals surface area (Å²) in [6, 6.07) is 5.48. The van der Waals surface area contributed by atoms with Gasteiger partial charge in [0.05, 0.1) is 18.6 Å². The van der Waals surface area contributed by atoms with Crippen LogP contribution in [0, 0.1) is 0 Å². The van der Waals surface area contributed by atoms with Gasteiger partial charge < -0.3 is 14.6 Å². The molecule has 0 N–H and O–H groups in total.